The molecule has 8 nitrogen and oxygen atoms in total. The van der Waals surface area contributed by atoms with Crippen LogP contribution in [0, 0.1) is 10.1 Å². The summed E-state index contributed by atoms with van der Waals surface area (Å²) >= 11 is 0. The fourth-order valence-corrected chi connectivity index (χ4v) is 2.08. The van der Waals surface area contributed by atoms with Gasteiger partial charge in [-0.05, 0) is 24.6 Å². The van der Waals surface area contributed by atoms with Gasteiger partial charge in [0.1, 0.15) is 0 Å². The van der Waals surface area contributed by atoms with E-state index in [2.05, 4.69) is 4.74 Å². The summed E-state index contributed by atoms with van der Waals surface area (Å²) in [5, 5.41) is 11.2. The smallest absolute Gasteiger partial charge is 0.384 e. The molecule has 0 saturated heterocycles. The number of fused-ring (bicyclic) bond motifs is 1. The quantitative estimate of drug-likeness (QED) is 0.443. The van der Waals surface area contributed by atoms with Crippen molar-refractivity contribution in [3.8, 4) is 11.5 Å². The average molecular weight is 297 g/mol. The number of nitro groups is 1. The SMILES string of the molecule is CCOC(c1ccc2c(c1)OCO2)C(C(=O)OC)[N+](=O)[O-]. The van der Waals surface area contributed by atoms with E-state index < -0.39 is 23.0 Å². The number of nitrogens with zero attached hydrogens (tertiary/aromatic N) is 1. The predicted octanol–water partition coefficient (Wildman–Crippen LogP) is 1.31. The number of rotatable bonds is 6. The number of hydrogen-bond donors (Lipinski definition) is 0. The van der Waals surface area contributed by atoms with Gasteiger partial charge in [0.25, 0.3) is 0 Å². The maximum Gasteiger partial charge on any atom is 0.384 e. The zero-order valence-corrected chi connectivity index (χ0v) is 11.6. The van der Waals surface area contributed by atoms with E-state index in [0.717, 1.165) is 7.11 Å². The van der Waals surface area contributed by atoms with E-state index in [1.165, 1.54) is 0 Å². The molecule has 1 aliphatic heterocycles. The van der Waals surface area contributed by atoms with Gasteiger partial charge in [-0.2, -0.15) is 0 Å². The lowest BCUT2D eigenvalue weighted by Gasteiger charge is -2.19. The fourth-order valence-electron chi connectivity index (χ4n) is 2.08. The molecule has 2 atom stereocenters. The van der Waals surface area contributed by atoms with Crippen LogP contribution in [0.15, 0.2) is 18.2 Å². The Morgan fingerprint density at radius 2 is 2.14 bits per heavy atom. The summed E-state index contributed by atoms with van der Waals surface area (Å²) in [6, 6.07) is 3.16. The molecule has 0 saturated carbocycles. The molecule has 1 aliphatic rings. The third kappa shape index (κ3) is 3.05. The Balaban J connectivity index is 2.37. The molecule has 1 aromatic carbocycles. The summed E-state index contributed by atoms with van der Waals surface area (Å²) in [4.78, 5) is 22.2. The standard InChI is InChI=1S/C13H15NO7/c1-3-19-12(11(14(16)17)13(15)18-2)8-4-5-9-10(6-8)21-7-20-9/h4-6,11-12H,3,7H2,1-2H3. The molecule has 114 valence electrons. The minimum atomic E-state index is -1.64. The lowest BCUT2D eigenvalue weighted by Crippen LogP contribution is -2.38. The van der Waals surface area contributed by atoms with Crippen LogP contribution in [0.1, 0.15) is 18.6 Å². The molecule has 0 spiro atoms. The molecule has 0 amide bonds. The van der Waals surface area contributed by atoms with Gasteiger partial charge in [-0.1, -0.05) is 6.07 Å². The average Bonchev–Trinajstić information content (AvgIpc) is 2.93. The van der Waals surface area contributed by atoms with Gasteiger partial charge in [-0.3, -0.25) is 10.1 Å². The lowest BCUT2D eigenvalue weighted by atomic mass is 10.0. The summed E-state index contributed by atoms with van der Waals surface area (Å²) in [7, 11) is 1.10. The second-order valence-corrected chi connectivity index (χ2v) is 4.24. The van der Waals surface area contributed by atoms with E-state index >= 15 is 0 Å². The predicted molar refractivity (Wildman–Crippen MR) is 69.7 cm³/mol. The van der Waals surface area contributed by atoms with Crippen molar-refractivity contribution in [2.75, 3.05) is 20.5 Å². The van der Waals surface area contributed by atoms with E-state index in [4.69, 9.17) is 14.2 Å². The van der Waals surface area contributed by atoms with Gasteiger partial charge in [-0.15, -0.1) is 0 Å². The molecule has 0 radical (unpaired) electrons. The van der Waals surface area contributed by atoms with Crippen molar-refractivity contribution in [2.45, 2.75) is 19.1 Å². The van der Waals surface area contributed by atoms with Gasteiger partial charge in [0, 0.05) is 11.5 Å². The van der Waals surface area contributed by atoms with E-state index in [9.17, 15) is 14.9 Å². The highest BCUT2D eigenvalue weighted by atomic mass is 16.7. The van der Waals surface area contributed by atoms with Crippen LogP contribution in [0.5, 0.6) is 11.5 Å². The first kappa shape index (κ1) is 15.0. The second kappa shape index (κ2) is 6.40. The normalized spacial score (nSPS) is 15.3. The van der Waals surface area contributed by atoms with Crippen LogP contribution in [-0.2, 0) is 14.3 Å². The molecule has 8 heteroatoms. The molecule has 2 rings (SSSR count). The number of ether oxygens (including phenoxy) is 4. The van der Waals surface area contributed by atoms with E-state index in [-0.39, 0.29) is 13.4 Å². The highest BCUT2D eigenvalue weighted by Gasteiger charge is 2.42. The number of hydrogen-bond acceptors (Lipinski definition) is 7. The zero-order chi connectivity index (χ0) is 15.4. The molecule has 0 aliphatic carbocycles. The molecule has 0 bridgehead atoms. The number of esters is 1. The van der Waals surface area contributed by atoms with Gasteiger partial charge in [-0.25, -0.2) is 4.79 Å². The molecule has 1 heterocycles. The van der Waals surface area contributed by atoms with E-state index in [1.807, 2.05) is 0 Å². The molecule has 0 N–H and O–H groups in total. The van der Waals surface area contributed by atoms with Crippen LogP contribution in [0.4, 0.5) is 0 Å². The van der Waals surface area contributed by atoms with E-state index in [0.29, 0.717) is 17.1 Å². The van der Waals surface area contributed by atoms with Crippen LogP contribution in [0.2, 0.25) is 0 Å². The first-order valence-electron chi connectivity index (χ1n) is 6.31. The summed E-state index contributed by atoms with van der Waals surface area (Å²) in [5.74, 6) is 0.0463. The minimum absolute atomic E-state index is 0.0910. The third-order valence-corrected chi connectivity index (χ3v) is 3.03. The molecule has 2 unspecified atom stereocenters. The molecular weight excluding hydrogens is 282 g/mol. The maximum absolute atomic E-state index is 11.7. The number of methoxy groups -OCH3 is 1. The zero-order valence-electron chi connectivity index (χ0n) is 11.6. The van der Waals surface area contributed by atoms with Gasteiger partial charge >= 0.3 is 12.0 Å². The van der Waals surface area contributed by atoms with Crippen molar-refractivity contribution in [3.05, 3.63) is 33.9 Å². The van der Waals surface area contributed by atoms with Gasteiger partial charge < -0.3 is 18.9 Å². The number of carbonyl (C=O) groups is 1. The lowest BCUT2D eigenvalue weighted by molar-refractivity contribution is -0.524. The van der Waals surface area contributed by atoms with Crippen LogP contribution in [0.3, 0.4) is 0 Å². The first-order chi connectivity index (χ1) is 10.1. The Labute approximate surface area is 120 Å². The van der Waals surface area contributed by atoms with Gasteiger partial charge in [0.2, 0.25) is 6.79 Å². The molecular formula is C13H15NO7. The Morgan fingerprint density at radius 1 is 1.43 bits per heavy atom. The summed E-state index contributed by atoms with van der Waals surface area (Å²) < 4.78 is 20.3. The monoisotopic (exact) mass is 297 g/mol. The Hall–Kier alpha value is -2.35. The van der Waals surface area contributed by atoms with Gasteiger partial charge in [0.05, 0.1) is 7.11 Å². The van der Waals surface area contributed by atoms with Crippen molar-refractivity contribution in [2.24, 2.45) is 0 Å². The summed E-state index contributed by atoms with van der Waals surface area (Å²) in [6.07, 6.45) is -1.06. The second-order valence-electron chi connectivity index (χ2n) is 4.24. The highest BCUT2D eigenvalue weighted by Crippen LogP contribution is 2.36. The van der Waals surface area contributed by atoms with Crippen molar-refractivity contribution in [1.82, 2.24) is 0 Å². The largest absolute Gasteiger partial charge is 0.464 e. The summed E-state index contributed by atoms with van der Waals surface area (Å²) in [6.45, 7) is 1.99. The topological polar surface area (TPSA) is 97.1 Å². The van der Waals surface area contributed by atoms with Crippen LogP contribution < -0.4 is 9.47 Å². The minimum Gasteiger partial charge on any atom is -0.464 e. The number of benzene rings is 1. The third-order valence-electron chi connectivity index (χ3n) is 3.03. The fraction of sp³-hybridized carbons (Fsp3) is 0.462. The first-order valence-corrected chi connectivity index (χ1v) is 6.31. The molecule has 0 fully saturated rings. The molecule has 1 aromatic rings. The van der Waals surface area contributed by atoms with Crippen LogP contribution in [0.25, 0.3) is 0 Å². The Bertz CT molecular complexity index is 545. The molecule has 21 heavy (non-hydrogen) atoms. The Morgan fingerprint density at radius 3 is 2.76 bits per heavy atom. The van der Waals surface area contributed by atoms with Crippen molar-refractivity contribution in [3.63, 3.8) is 0 Å². The van der Waals surface area contributed by atoms with Crippen molar-refractivity contribution in [1.29, 1.82) is 0 Å². The summed E-state index contributed by atoms with van der Waals surface area (Å²) in [5.41, 5.74) is 0.452. The van der Waals surface area contributed by atoms with Crippen LogP contribution in [-0.4, -0.2) is 37.4 Å². The van der Waals surface area contributed by atoms with Crippen molar-refractivity contribution < 1.29 is 28.7 Å². The van der Waals surface area contributed by atoms with Gasteiger partial charge in [0.15, 0.2) is 17.6 Å². The van der Waals surface area contributed by atoms with Crippen molar-refractivity contribution >= 4 is 5.97 Å². The van der Waals surface area contributed by atoms with Crippen LogP contribution >= 0.6 is 0 Å². The Kier molecular flexibility index (Phi) is 4.59. The van der Waals surface area contributed by atoms with E-state index in [1.54, 1.807) is 25.1 Å². The highest BCUT2D eigenvalue weighted by molar-refractivity contribution is 5.75. The number of carbonyl (C=O) groups excluding carboxylic acids is 1. The maximum atomic E-state index is 11.7. The molecule has 0 aromatic heterocycles.